The maximum absolute atomic E-state index is 11.2. The van der Waals surface area contributed by atoms with Crippen molar-refractivity contribution >= 4 is 27.5 Å². The Morgan fingerprint density at radius 2 is 1.33 bits per heavy atom. The predicted molar refractivity (Wildman–Crippen MR) is 105 cm³/mol. The van der Waals surface area contributed by atoms with Gasteiger partial charge in [0.1, 0.15) is 0 Å². The fourth-order valence-electron chi connectivity index (χ4n) is 2.31. The molecule has 130 valence electrons. The van der Waals surface area contributed by atoms with Crippen LogP contribution >= 0.6 is 11.8 Å². The van der Waals surface area contributed by atoms with Gasteiger partial charge in [0.15, 0.2) is 0 Å². The second-order valence-electron chi connectivity index (χ2n) is 6.25. The molecule has 2 aromatic carbocycles. The summed E-state index contributed by atoms with van der Waals surface area (Å²) in [6, 6.07) is 16.4. The molecule has 0 heterocycles. The van der Waals surface area contributed by atoms with Crippen molar-refractivity contribution in [1.29, 1.82) is 0 Å². The molecule has 0 radical (unpaired) electrons. The Balaban J connectivity index is 1.86. The minimum Gasteiger partial charge on any atom is -0.284 e. The van der Waals surface area contributed by atoms with E-state index < -0.39 is 10.0 Å². The van der Waals surface area contributed by atoms with Crippen LogP contribution in [0.2, 0.25) is 0 Å². The Kier molecular flexibility index (Phi) is 6.75. The highest BCUT2D eigenvalue weighted by molar-refractivity contribution is 7.99. The molecule has 0 spiro atoms. The SMILES string of the molecule is CC(C)SCc1ccc(CCc2ccc(NS(C)(=O)=O)cc2)cc1. The topological polar surface area (TPSA) is 46.2 Å². The second kappa shape index (κ2) is 8.58. The van der Waals surface area contributed by atoms with Gasteiger partial charge < -0.3 is 0 Å². The number of nitrogens with one attached hydrogen (secondary N) is 1. The predicted octanol–water partition coefficient (Wildman–Crippen LogP) is 4.48. The van der Waals surface area contributed by atoms with Crippen LogP contribution in [-0.4, -0.2) is 19.9 Å². The fourth-order valence-corrected chi connectivity index (χ4v) is 3.59. The zero-order chi connectivity index (χ0) is 17.6. The summed E-state index contributed by atoms with van der Waals surface area (Å²) in [6.45, 7) is 4.44. The number of benzene rings is 2. The van der Waals surface area contributed by atoms with Crippen LogP contribution in [0.5, 0.6) is 0 Å². The summed E-state index contributed by atoms with van der Waals surface area (Å²) in [5.74, 6) is 1.06. The highest BCUT2D eigenvalue weighted by Gasteiger charge is 2.02. The summed E-state index contributed by atoms with van der Waals surface area (Å²) in [6.07, 6.45) is 3.08. The van der Waals surface area contributed by atoms with Crippen LogP contribution in [0.15, 0.2) is 48.5 Å². The Morgan fingerprint density at radius 1 is 0.875 bits per heavy atom. The van der Waals surface area contributed by atoms with Crippen molar-refractivity contribution in [2.24, 2.45) is 0 Å². The van der Waals surface area contributed by atoms with Gasteiger partial charge in [0.05, 0.1) is 6.26 Å². The third-order valence-corrected chi connectivity index (χ3v) is 5.34. The first-order valence-electron chi connectivity index (χ1n) is 8.08. The molecule has 0 amide bonds. The largest absolute Gasteiger partial charge is 0.284 e. The Labute approximate surface area is 149 Å². The molecule has 0 aromatic heterocycles. The van der Waals surface area contributed by atoms with Crippen LogP contribution in [0.25, 0.3) is 0 Å². The van der Waals surface area contributed by atoms with E-state index in [0.717, 1.165) is 24.9 Å². The Morgan fingerprint density at radius 3 is 1.79 bits per heavy atom. The smallest absolute Gasteiger partial charge is 0.229 e. The quantitative estimate of drug-likeness (QED) is 0.752. The number of rotatable bonds is 8. The van der Waals surface area contributed by atoms with E-state index in [1.807, 2.05) is 36.0 Å². The zero-order valence-corrected chi connectivity index (χ0v) is 16.1. The van der Waals surface area contributed by atoms with Gasteiger partial charge in [0.2, 0.25) is 10.0 Å². The maximum atomic E-state index is 11.2. The van der Waals surface area contributed by atoms with Gasteiger partial charge in [-0.05, 0) is 46.9 Å². The first-order chi connectivity index (χ1) is 11.3. The van der Waals surface area contributed by atoms with Crippen molar-refractivity contribution in [3.05, 3.63) is 65.2 Å². The molecule has 0 bridgehead atoms. The molecule has 0 aliphatic carbocycles. The summed E-state index contributed by atoms with van der Waals surface area (Å²) in [5.41, 5.74) is 4.50. The lowest BCUT2D eigenvalue weighted by Gasteiger charge is -2.07. The van der Waals surface area contributed by atoms with Crippen molar-refractivity contribution < 1.29 is 8.42 Å². The first kappa shape index (κ1) is 18.9. The van der Waals surface area contributed by atoms with E-state index >= 15 is 0 Å². The van der Waals surface area contributed by atoms with Gasteiger partial charge in [-0.1, -0.05) is 50.2 Å². The van der Waals surface area contributed by atoms with E-state index in [2.05, 4.69) is 42.8 Å². The van der Waals surface area contributed by atoms with Gasteiger partial charge in [0, 0.05) is 11.4 Å². The summed E-state index contributed by atoms with van der Waals surface area (Å²) in [7, 11) is -3.21. The minimum absolute atomic E-state index is 0.605. The minimum atomic E-state index is -3.21. The molecule has 5 heteroatoms. The Hall–Kier alpha value is -1.46. The normalized spacial score (nSPS) is 11.7. The standard InChI is InChI=1S/C19H25NO2S2/c1-15(2)23-14-18-8-6-16(7-9-18)4-5-17-10-12-19(13-11-17)20-24(3,21)22/h6-13,15,20H,4-5,14H2,1-3H3. The number of sulfonamides is 1. The number of thioether (sulfide) groups is 1. The average molecular weight is 364 g/mol. The van der Waals surface area contributed by atoms with E-state index in [1.165, 1.54) is 16.7 Å². The molecule has 24 heavy (non-hydrogen) atoms. The van der Waals surface area contributed by atoms with E-state index in [4.69, 9.17) is 0 Å². The van der Waals surface area contributed by atoms with Crippen molar-refractivity contribution in [2.75, 3.05) is 11.0 Å². The van der Waals surface area contributed by atoms with Crippen molar-refractivity contribution in [3.8, 4) is 0 Å². The Bertz CT molecular complexity index is 736. The monoisotopic (exact) mass is 363 g/mol. The highest BCUT2D eigenvalue weighted by Crippen LogP contribution is 2.18. The molecule has 0 unspecified atom stereocenters. The highest BCUT2D eigenvalue weighted by atomic mass is 32.2. The van der Waals surface area contributed by atoms with E-state index in [1.54, 1.807) is 0 Å². The van der Waals surface area contributed by atoms with Gasteiger partial charge >= 0.3 is 0 Å². The molecule has 0 fully saturated rings. The lowest BCUT2D eigenvalue weighted by Crippen LogP contribution is -2.09. The summed E-state index contributed by atoms with van der Waals surface area (Å²) < 4.78 is 24.9. The van der Waals surface area contributed by atoms with Crippen molar-refractivity contribution in [3.63, 3.8) is 0 Å². The molecule has 0 saturated carbocycles. The number of hydrogen-bond acceptors (Lipinski definition) is 3. The third-order valence-electron chi connectivity index (χ3n) is 3.57. The summed E-state index contributed by atoms with van der Waals surface area (Å²) >= 11 is 1.96. The molecule has 1 N–H and O–H groups in total. The van der Waals surface area contributed by atoms with Crippen LogP contribution in [0.1, 0.15) is 30.5 Å². The average Bonchev–Trinajstić information content (AvgIpc) is 2.52. The van der Waals surface area contributed by atoms with Crippen molar-refractivity contribution in [1.82, 2.24) is 0 Å². The molecule has 0 atom stereocenters. The lowest BCUT2D eigenvalue weighted by atomic mass is 10.0. The van der Waals surface area contributed by atoms with Gasteiger partial charge in [-0.25, -0.2) is 8.42 Å². The molecule has 2 aromatic rings. The molecule has 0 aliphatic heterocycles. The zero-order valence-electron chi connectivity index (χ0n) is 14.5. The van der Waals surface area contributed by atoms with Crippen LogP contribution in [0, 0.1) is 0 Å². The maximum Gasteiger partial charge on any atom is 0.229 e. The number of aryl methyl sites for hydroxylation is 2. The second-order valence-corrected chi connectivity index (χ2v) is 9.56. The molecule has 3 nitrogen and oxygen atoms in total. The van der Waals surface area contributed by atoms with Crippen LogP contribution in [0.4, 0.5) is 5.69 Å². The van der Waals surface area contributed by atoms with E-state index in [9.17, 15) is 8.42 Å². The summed E-state index contributed by atoms with van der Waals surface area (Å²) in [5, 5.41) is 0.657. The van der Waals surface area contributed by atoms with Gasteiger partial charge in [0.25, 0.3) is 0 Å². The van der Waals surface area contributed by atoms with Gasteiger partial charge in [-0.15, -0.1) is 0 Å². The number of hydrogen-bond donors (Lipinski definition) is 1. The number of anilines is 1. The molecule has 0 aliphatic rings. The van der Waals surface area contributed by atoms with E-state index in [0.29, 0.717) is 10.9 Å². The van der Waals surface area contributed by atoms with Crippen molar-refractivity contribution in [2.45, 2.75) is 37.7 Å². The molecular weight excluding hydrogens is 338 g/mol. The van der Waals surface area contributed by atoms with Crippen LogP contribution in [0.3, 0.4) is 0 Å². The fraction of sp³-hybridized carbons (Fsp3) is 0.368. The lowest BCUT2D eigenvalue weighted by molar-refractivity contribution is 0.607. The van der Waals surface area contributed by atoms with E-state index in [-0.39, 0.29) is 0 Å². The van der Waals surface area contributed by atoms with Crippen LogP contribution in [-0.2, 0) is 28.6 Å². The summed E-state index contributed by atoms with van der Waals surface area (Å²) in [4.78, 5) is 0. The molecule has 0 saturated heterocycles. The molecular formula is C19H25NO2S2. The van der Waals surface area contributed by atoms with Gasteiger partial charge in [-0.2, -0.15) is 11.8 Å². The molecule has 2 rings (SSSR count). The van der Waals surface area contributed by atoms with Crippen LogP contribution < -0.4 is 4.72 Å². The van der Waals surface area contributed by atoms with Gasteiger partial charge in [-0.3, -0.25) is 4.72 Å². The third kappa shape index (κ3) is 6.97. The first-order valence-corrected chi connectivity index (χ1v) is 11.0.